The maximum atomic E-state index is 11.2. The Morgan fingerprint density at radius 1 is 0.957 bits per heavy atom. The summed E-state index contributed by atoms with van der Waals surface area (Å²) in [5, 5.41) is 32.2. The molecule has 1 N–H and O–H groups in total. The van der Waals surface area contributed by atoms with Crippen LogP contribution < -0.4 is 231 Å². The molecule has 0 amide bonds. The number of hydrogen-bond donors (Lipinski definition) is 1. The maximum Gasteiger partial charge on any atom is 1.00 e. The van der Waals surface area contributed by atoms with Crippen LogP contribution in [0.15, 0.2) is 0 Å². The zero-order valence-corrected chi connectivity index (χ0v) is 26.9. The van der Waals surface area contributed by atoms with Crippen LogP contribution in [0.4, 0.5) is 0 Å². The van der Waals surface area contributed by atoms with Crippen LogP contribution in [-0.2, 0) is 23.5 Å². The number of nitrogens with one attached hydrogen (secondary N) is 1. The number of carboxylic acids is 3. The average molecular weight is 452 g/mol. The number of carbonyl (C=O) groups excluding carboxylic acids is 3. The van der Waals surface area contributed by atoms with Gasteiger partial charge in [-0.1, -0.05) is 0 Å². The van der Waals surface area contributed by atoms with Crippen LogP contribution in [0.25, 0.3) is 0 Å². The normalized spacial score (nSPS) is 12.7. The zero-order chi connectivity index (χ0) is 15.1. The molecule has 2 atom stereocenters. The van der Waals surface area contributed by atoms with Gasteiger partial charge in [-0.3, -0.25) is 4.57 Å². The molecule has 0 radical (unpaired) electrons. The van der Waals surface area contributed by atoms with Gasteiger partial charge in [-0.25, -0.2) is 5.09 Å². The number of carboxylic acid groups (broad SMARTS) is 3. The summed E-state index contributed by atoms with van der Waals surface area (Å²) in [5.74, 6) is -4.96. The zero-order valence-electron chi connectivity index (χ0n) is 13.5. The first-order chi connectivity index (χ1) is 8.64. The standard InChI is InChI=1S/C8H14NO9P.4K/c10-6(11)2-1-5(8(14)15)9-19(16,17)18-4-3-7(12)13;;;;/h5H,1-4H2,(H,10,11)(H,12,13)(H,14,15)(H2,9,16,17);;;;/q;4*+1/p-4/t5-;;;;/m0..../s1. The van der Waals surface area contributed by atoms with Gasteiger partial charge in [0.25, 0.3) is 0 Å². The fourth-order valence-electron chi connectivity index (χ4n) is 0.975. The van der Waals surface area contributed by atoms with E-state index in [9.17, 15) is 39.2 Å². The monoisotopic (exact) mass is 451 g/mol. The van der Waals surface area contributed by atoms with Crippen molar-refractivity contribution in [3.05, 3.63) is 0 Å². The predicted octanol–water partition coefficient (Wildman–Crippen LogP) is -17.1. The van der Waals surface area contributed by atoms with Gasteiger partial charge in [-0.15, -0.1) is 0 Å². The second kappa shape index (κ2) is 21.8. The quantitative estimate of drug-likeness (QED) is 0.247. The van der Waals surface area contributed by atoms with Gasteiger partial charge < -0.3 is 39.1 Å². The van der Waals surface area contributed by atoms with E-state index in [0.29, 0.717) is 0 Å². The molecular formula is C8H10K4NO9P. The van der Waals surface area contributed by atoms with Gasteiger partial charge in [-0.2, -0.15) is 0 Å². The van der Waals surface area contributed by atoms with Crippen LogP contribution in [0.1, 0.15) is 19.3 Å². The third kappa shape index (κ3) is 25.0. The fourth-order valence-corrected chi connectivity index (χ4v) is 2.00. The molecule has 0 saturated carbocycles. The van der Waals surface area contributed by atoms with Crippen LogP contribution in [0.3, 0.4) is 0 Å². The predicted molar refractivity (Wildman–Crippen MR) is 49.4 cm³/mol. The Labute approximate surface area is 303 Å². The minimum Gasteiger partial charge on any atom is -0.766 e. The van der Waals surface area contributed by atoms with Crippen molar-refractivity contribution >= 4 is 25.7 Å². The van der Waals surface area contributed by atoms with E-state index in [4.69, 9.17) is 0 Å². The topological polar surface area (TPSA) is 182 Å². The fraction of sp³-hybridized carbons (Fsp3) is 0.625. The van der Waals surface area contributed by atoms with Gasteiger partial charge in [0.15, 0.2) is 0 Å². The molecule has 10 nitrogen and oxygen atoms in total. The minimum absolute atomic E-state index is 0. The van der Waals surface area contributed by atoms with E-state index >= 15 is 0 Å². The first kappa shape index (κ1) is 38.6. The second-order valence-corrected chi connectivity index (χ2v) is 4.88. The van der Waals surface area contributed by atoms with E-state index in [2.05, 4.69) is 4.52 Å². The Morgan fingerprint density at radius 2 is 1.39 bits per heavy atom. The Bertz CT molecular complexity index is 411. The van der Waals surface area contributed by atoms with Crippen molar-refractivity contribution in [1.82, 2.24) is 5.09 Å². The van der Waals surface area contributed by atoms with Gasteiger partial charge in [0.05, 0.1) is 18.6 Å². The molecule has 0 bridgehead atoms. The molecule has 0 aliphatic heterocycles. The number of carbonyl (C=O) groups is 3. The third-order valence-corrected chi connectivity index (χ3v) is 2.95. The van der Waals surface area contributed by atoms with Gasteiger partial charge in [-0.05, 0) is 12.8 Å². The van der Waals surface area contributed by atoms with Crippen molar-refractivity contribution in [2.45, 2.75) is 25.3 Å². The van der Waals surface area contributed by atoms with Crippen molar-refractivity contribution in [3.63, 3.8) is 0 Å². The molecule has 0 aliphatic rings. The van der Waals surface area contributed by atoms with Gasteiger partial charge in [0.2, 0.25) is 7.75 Å². The third-order valence-electron chi connectivity index (χ3n) is 1.80. The molecule has 0 heterocycles. The van der Waals surface area contributed by atoms with Crippen molar-refractivity contribution in [1.29, 1.82) is 0 Å². The van der Waals surface area contributed by atoms with Crippen LogP contribution in [0, 0.1) is 0 Å². The van der Waals surface area contributed by atoms with Gasteiger partial charge in [0.1, 0.15) is 0 Å². The first-order valence-electron chi connectivity index (χ1n) is 4.98. The van der Waals surface area contributed by atoms with Gasteiger partial charge >= 0.3 is 206 Å². The Kier molecular flexibility index (Phi) is 36.6. The summed E-state index contributed by atoms with van der Waals surface area (Å²) in [7, 11) is -4.84. The molecule has 110 valence electrons. The summed E-state index contributed by atoms with van der Waals surface area (Å²) in [6, 6.07) is -1.82. The molecule has 0 saturated heterocycles. The van der Waals surface area contributed by atoms with Crippen LogP contribution in [0.5, 0.6) is 0 Å². The SMILES string of the molecule is O=C([O-])CCOP(=O)([O-])N[C@@H](CCC(=O)[O-])C(=O)[O-].[K+].[K+].[K+].[K+]. The van der Waals surface area contributed by atoms with E-state index in [1.807, 2.05) is 0 Å². The second-order valence-electron chi connectivity index (χ2n) is 3.36. The van der Waals surface area contributed by atoms with E-state index in [1.54, 1.807) is 0 Å². The maximum absolute atomic E-state index is 11.2. The molecule has 0 aromatic heterocycles. The van der Waals surface area contributed by atoms with Crippen LogP contribution in [-0.4, -0.2) is 30.6 Å². The number of hydrogen-bond acceptors (Lipinski definition) is 9. The van der Waals surface area contributed by atoms with E-state index < -0.39 is 57.6 Å². The van der Waals surface area contributed by atoms with Crippen LogP contribution in [0.2, 0.25) is 0 Å². The summed E-state index contributed by atoms with van der Waals surface area (Å²) in [6.07, 6.45) is -2.01. The van der Waals surface area contributed by atoms with E-state index in [-0.39, 0.29) is 206 Å². The molecule has 0 aromatic carbocycles. The summed E-state index contributed by atoms with van der Waals surface area (Å²) < 4.78 is 15.3. The minimum atomic E-state index is -4.84. The molecule has 0 aliphatic carbocycles. The molecule has 0 rings (SSSR count). The molecule has 0 aromatic rings. The first-order valence-corrected chi connectivity index (χ1v) is 6.52. The smallest absolute Gasteiger partial charge is 0.766 e. The molecule has 1 unspecified atom stereocenters. The van der Waals surface area contributed by atoms with E-state index in [0.717, 1.165) is 0 Å². The van der Waals surface area contributed by atoms with E-state index in [1.165, 1.54) is 5.09 Å². The summed E-state index contributed by atoms with van der Waals surface area (Å²) in [4.78, 5) is 41.9. The van der Waals surface area contributed by atoms with Crippen molar-refractivity contribution in [2.75, 3.05) is 6.61 Å². The van der Waals surface area contributed by atoms with Crippen molar-refractivity contribution in [2.24, 2.45) is 0 Å². The summed E-state index contributed by atoms with van der Waals surface area (Å²) >= 11 is 0. The molecule has 15 heteroatoms. The summed E-state index contributed by atoms with van der Waals surface area (Å²) in [6.45, 7) is -0.740. The van der Waals surface area contributed by atoms with Crippen molar-refractivity contribution in [3.8, 4) is 0 Å². The Morgan fingerprint density at radius 3 is 1.74 bits per heavy atom. The molecule has 23 heavy (non-hydrogen) atoms. The van der Waals surface area contributed by atoms with Gasteiger partial charge in [0, 0.05) is 18.4 Å². The molecule has 0 spiro atoms. The average Bonchev–Trinajstić information content (AvgIpc) is 2.22. The number of aliphatic carboxylic acids is 3. The number of rotatable bonds is 10. The van der Waals surface area contributed by atoms with Crippen molar-refractivity contribution < 1.29 is 249 Å². The largest absolute Gasteiger partial charge is 1.00 e. The summed E-state index contributed by atoms with van der Waals surface area (Å²) in [5.41, 5.74) is 0. The molecule has 0 fully saturated rings. The van der Waals surface area contributed by atoms with Crippen LogP contribution >= 0.6 is 7.75 Å². The molecular weight excluding hydrogens is 441 g/mol. The Hall–Kier alpha value is 5.07. The Balaban J connectivity index is -0.000000270.